The summed E-state index contributed by atoms with van der Waals surface area (Å²) in [5.74, 6) is 1.74. The van der Waals surface area contributed by atoms with Crippen LogP contribution in [0, 0.1) is 13.8 Å². The van der Waals surface area contributed by atoms with Gasteiger partial charge in [-0.15, -0.1) is 0 Å². The minimum absolute atomic E-state index is 0.0678. The van der Waals surface area contributed by atoms with E-state index in [1.165, 1.54) is 0 Å². The summed E-state index contributed by atoms with van der Waals surface area (Å²) in [6.45, 7) is 11.9. The van der Waals surface area contributed by atoms with Crippen LogP contribution in [0.2, 0.25) is 0 Å². The third-order valence-electron chi connectivity index (χ3n) is 5.16. The summed E-state index contributed by atoms with van der Waals surface area (Å²) in [6, 6.07) is 4.01. The number of nitrogens with zero attached hydrogens (tertiary/aromatic N) is 2. The number of rotatable bonds is 4. The lowest BCUT2D eigenvalue weighted by molar-refractivity contribution is -0.127. The zero-order chi connectivity index (χ0) is 18.8. The monoisotopic (exact) mass is 356 g/mol. The van der Waals surface area contributed by atoms with Crippen molar-refractivity contribution in [1.82, 2.24) is 9.80 Å². The molecule has 5 nitrogen and oxygen atoms in total. The largest absolute Gasteiger partial charge is 0.493 e. The van der Waals surface area contributed by atoms with Gasteiger partial charge in [0.05, 0.1) is 6.61 Å². The molecule has 140 valence electrons. The van der Waals surface area contributed by atoms with E-state index in [4.69, 9.17) is 9.15 Å². The highest BCUT2D eigenvalue weighted by atomic mass is 16.5. The summed E-state index contributed by atoms with van der Waals surface area (Å²) < 4.78 is 11.7. The van der Waals surface area contributed by atoms with Crippen LogP contribution >= 0.6 is 0 Å². The number of furan rings is 1. The van der Waals surface area contributed by atoms with E-state index in [0.29, 0.717) is 6.61 Å². The maximum Gasteiger partial charge on any atom is 0.246 e. The lowest BCUT2D eigenvalue weighted by atomic mass is 10.0. The molecule has 0 radical (unpaired) electrons. The van der Waals surface area contributed by atoms with Gasteiger partial charge >= 0.3 is 0 Å². The molecule has 0 spiro atoms. The Morgan fingerprint density at radius 1 is 1.23 bits per heavy atom. The van der Waals surface area contributed by atoms with Crippen molar-refractivity contribution < 1.29 is 13.9 Å². The van der Waals surface area contributed by atoms with Crippen LogP contribution in [0.5, 0.6) is 5.75 Å². The highest BCUT2D eigenvalue weighted by Gasteiger charge is 2.19. The minimum atomic E-state index is 0.0678. The van der Waals surface area contributed by atoms with Crippen LogP contribution in [-0.4, -0.2) is 55.5 Å². The molecule has 1 amide bonds. The Morgan fingerprint density at radius 3 is 2.58 bits per heavy atom. The number of allylic oxidation sites excluding steroid dienone is 1. The van der Waals surface area contributed by atoms with E-state index in [0.717, 1.165) is 65.4 Å². The van der Waals surface area contributed by atoms with Crippen molar-refractivity contribution in [3.63, 3.8) is 0 Å². The Labute approximate surface area is 155 Å². The first-order valence-corrected chi connectivity index (χ1v) is 9.23. The molecule has 0 unspecified atom stereocenters. The predicted octanol–water partition coefficient (Wildman–Crippen LogP) is 3.63. The fraction of sp³-hybridized carbons (Fsp3) is 0.476. The molecule has 1 saturated heterocycles. The van der Waals surface area contributed by atoms with Crippen LogP contribution in [0.15, 0.2) is 22.6 Å². The Bertz CT molecular complexity index is 843. The molecule has 0 N–H and O–H groups in total. The Kier molecular flexibility index (Phi) is 5.37. The zero-order valence-corrected chi connectivity index (χ0v) is 16.4. The van der Waals surface area contributed by atoms with E-state index in [1.54, 1.807) is 6.08 Å². The summed E-state index contributed by atoms with van der Waals surface area (Å²) in [7, 11) is 2.09. The fourth-order valence-corrected chi connectivity index (χ4v) is 3.33. The maximum atomic E-state index is 12.7. The number of fused-ring (bicyclic) bond motifs is 1. The van der Waals surface area contributed by atoms with Gasteiger partial charge in [0.25, 0.3) is 0 Å². The molecule has 1 aliphatic rings. The SMILES string of the molecule is CCOc1cc2oc(C)c(C)c2cc1/C(C)=C/C(=O)N1CCN(C)CC1. The van der Waals surface area contributed by atoms with Crippen molar-refractivity contribution in [1.29, 1.82) is 0 Å². The van der Waals surface area contributed by atoms with Crippen molar-refractivity contribution in [3.8, 4) is 5.75 Å². The topological polar surface area (TPSA) is 45.9 Å². The molecule has 1 aromatic carbocycles. The second-order valence-electron chi connectivity index (χ2n) is 7.02. The van der Waals surface area contributed by atoms with Crippen LogP contribution < -0.4 is 4.74 Å². The molecule has 0 atom stereocenters. The van der Waals surface area contributed by atoms with Crippen molar-refractivity contribution in [2.45, 2.75) is 27.7 Å². The van der Waals surface area contributed by atoms with Crippen LogP contribution in [0.1, 0.15) is 30.7 Å². The maximum absolute atomic E-state index is 12.7. The second kappa shape index (κ2) is 7.54. The van der Waals surface area contributed by atoms with Crippen LogP contribution in [0.3, 0.4) is 0 Å². The van der Waals surface area contributed by atoms with E-state index >= 15 is 0 Å². The van der Waals surface area contributed by atoms with Gasteiger partial charge in [0.1, 0.15) is 17.1 Å². The molecular weight excluding hydrogens is 328 g/mol. The molecule has 1 aromatic heterocycles. The predicted molar refractivity (Wildman–Crippen MR) is 105 cm³/mol. The number of benzene rings is 1. The third-order valence-corrected chi connectivity index (χ3v) is 5.16. The van der Waals surface area contributed by atoms with E-state index in [2.05, 4.69) is 24.9 Å². The zero-order valence-electron chi connectivity index (χ0n) is 16.4. The van der Waals surface area contributed by atoms with E-state index in [1.807, 2.05) is 31.7 Å². The highest BCUT2D eigenvalue weighted by Crippen LogP contribution is 2.35. The van der Waals surface area contributed by atoms with Gasteiger partial charge in [0, 0.05) is 49.3 Å². The second-order valence-corrected chi connectivity index (χ2v) is 7.02. The minimum Gasteiger partial charge on any atom is -0.493 e. The first-order valence-electron chi connectivity index (χ1n) is 9.23. The summed E-state index contributed by atoms with van der Waals surface area (Å²) >= 11 is 0. The van der Waals surface area contributed by atoms with Crippen molar-refractivity contribution >= 4 is 22.4 Å². The van der Waals surface area contributed by atoms with Gasteiger partial charge in [-0.05, 0) is 51.9 Å². The number of likely N-dealkylation sites (N-methyl/N-ethyl adjacent to an activating group) is 1. The summed E-state index contributed by atoms with van der Waals surface area (Å²) in [4.78, 5) is 16.8. The number of amides is 1. The van der Waals surface area contributed by atoms with Crippen LogP contribution in [0.4, 0.5) is 0 Å². The van der Waals surface area contributed by atoms with Gasteiger partial charge in [-0.3, -0.25) is 4.79 Å². The average molecular weight is 356 g/mol. The van der Waals surface area contributed by atoms with E-state index in [9.17, 15) is 4.79 Å². The molecule has 0 aliphatic carbocycles. The van der Waals surface area contributed by atoms with E-state index < -0.39 is 0 Å². The highest BCUT2D eigenvalue weighted by molar-refractivity contribution is 5.97. The van der Waals surface area contributed by atoms with Gasteiger partial charge < -0.3 is 19.0 Å². The average Bonchev–Trinajstić information content (AvgIpc) is 2.88. The normalized spacial score (nSPS) is 16.3. The van der Waals surface area contributed by atoms with Crippen LogP contribution in [0.25, 0.3) is 16.5 Å². The molecule has 26 heavy (non-hydrogen) atoms. The first-order chi connectivity index (χ1) is 12.4. The smallest absolute Gasteiger partial charge is 0.246 e. The number of hydrogen-bond donors (Lipinski definition) is 0. The fourth-order valence-electron chi connectivity index (χ4n) is 3.33. The number of piperazine rings is 1. The van der Waals surface area contributed by atoms with Gasteiger partial charge in [-0.1, -0.05) is 0 Å². The van der Waals surface area contributed by atoms with Crippen molar-refractivity contribution in [2.75, 3.05) is 39.8 Å². The number of hydrogen-bond acceptors (Lipinski definition) is 4. The molecule has 1 fully saturated rings. The molecule has 0 bridgehead atoms. The molecule has 1 aliphatic heterocycles. The molecule has 3 rings (SSSR count). The first kappa shape index (κ1) is 18.5. The van der Waals surface area contributed by atoms with Crippen LogP contribution in [-0.2, 0) is 4.79 Å². The summed E-state index contributed by atoms with van der Waals surface area (Å²) in [6.07, 6.45) is 1.73. The molecule has 2 aromatic rings. The Balaban J connectivity index is 1.95. The quantitative estimate of drug-likeness (QED) is 0.785. The van der Waals surface area contributed by atoms with Gasteiger partial charge in [0.15, 0.2) is 0 Å². The molecule has 2 heterocycles. The molecule has 5 heteroatoms. The lowest BCUT2D eigenvalue weighted by Gasteiger charge is -2.31. The van der Waals surface area contributed by atoms with Gasteiger partial charge in [0.2, 0.25) is 5.91 Å². The van der Waals surface area contributed by atoms with Gasteiger partial charge in [-0.25, -0.2) is 0 Å². The third kappa shape index (κ3) is 3.63. The standard InChI is InChI=1S/C21H28N2O3/c1-6-25-19-13-20-18(15(3)16(4)26-20)12-17(19)14(2)11-21(24)23-9-7-22(5)8-10-23/h11-13H,6-10H2,1-5H3/b14-11+. The summed E-state index contributed by atoms with van der Waals surface area (Å²) in [5.41, 5.74) is 3.82. The number of carbonyl (C=O) groups is 1. The summed E-state index contributed by atoms with van der Waals surface area (Å²) in [5, 5.41) is 1.07. The van der Waals surface area contributed by atoms with Gasteiger partial charge in [-0.2, -0.15) is 0 Å². The van der Waals surface area contributed by atoms with Crippen molar-refractivity contribution in [3.05, 3.63) is 35.1 Å². The van der Waals surface area contributed by atoms with Crippen molar-refractivity contribution in [2.24, 2.45) is 0 Å². The van der Waals surface area contributed by atoms with E-state index in [-0.39, 0.29) is 5.91 Å². The molecular formula is C21H28N2O3. The molecule has 0 saturated carbocycles. The number of ether oxygens (including phenoxy) is 1. The number of carbonyl (C=O) groups excluding carboxylic acids is 1. The Morgan fingerprint density at radius 2 is 1.92 bits per heavy atom. The number of aryl methyl sites for hydroxylation is 2. The Hall–Kier alpha value is -2.27. The lowest BCUT2D eigenvalue weighted by Crippen LogP contribution is -2.46.